The molecule has 3 nitrogen and oxygen atoms in total. The third kappa shape index (κ3) is 4.51. The first-order valence-corrected chi connectivity index (χ1v) is 6.70. The van der Waals surface area contributed by atoms with Crippen molar-refractivity contribution in [3.8, 4) is 0 Å². The first-order valence-electron chi connectivity index (χ1n) is 6.70. The summed E-state index contributed by atoms with van der Waals surface area (Å²) in [5.41, 5.74) is 2.09. The zero-order chi connectivity index (χ0) is 14.4. The summed E-state index contributed by atoms with van der Waals surface area (Å²) in [6.07, 6.45) is 0.280. The second-order valence-electron chi connectivity index (χ2n) is 5.10. The molecule has 1 unspecified atom stereocenters. The summed E-state index contributed by atoms with van der Waals surface area (Å²) in [5, 5.41) is 0. The van der Waals surface area contributed by atoms with Crippen LogP contribution in [0.5, 0.6) is 0 Å². The van der Waals surface area contributed by atoms with Crippen molar-refractivity contribution in [2.45, 2.75) is 34.1 Å². The van der Waals surface area contributed by atoms with Crippen molar-refractivity contribution in [1.82, 2.24) is 0 Å². The van der Waals surface area contributed by atoms with Crippen molar-refractivity contribution >= 4 is 11.8 Å². The maximum absolute atomic E-state index is 12.3. The Hall–Kier alpha value is -1.64. The van der Waals surface area contributed by atoms with Gasteiger partial charge in [-0.1, -0.05) is 43.7 Å². The van der Waals surface area contributed by atoms with E-state index >= 15 is 0 Å². The number of ether oxygens (including phenoxy) is 1. The normalized spacial score (nSPS) is 12.3. The fraction of sp³-hybridized carbons (Fsp3) is 0.500. The predicted octanol–water partition coefficient (Wildman–Crippen LogP) is 2.94. The van der Waals surface area contributed by atoms with E-state index in [1.54, 1.807) is 6.92 Å². The van der Waals surface area contributed by atoms with E-state index in [2.05, 4.69) is 0 Å². The molecular weight excluding hydrogens is 240 g/mol. The van der Waals surface area contributed by atoms with Gasteiger partial charge in [0.2, 0.25) is 0 Å². The minimum absolute atomic E-state index is 0.0444. The Balaban J connectivity index is 2.77. The van der Waals surface area contributed by atoms with Gasteiger partial charge >= 0.3 is 5.97 Å². The molecular formula is C16H22O3. The minimum atomic E-state index is -0.666. The smallest absolute Gasteiger partial charge is 0.316 e. The fourth-order valence-corrected chi connectivity index (χ4v) is 2.02. The van der Waals surface area contributed by atoms with Crippen LogP contribution in [0.1, 0.15) is 31.9 Å². The molecule has 0 aliphatic heterocycles. The molecule has 1 aromatic carbocycles. The van der Waals surface area contributed by atoms with Crippen LogP contribution in [0, 0.1) is 18.8 Å². The molecule has 0 aliphatic carbocycles. The molecule has 0 amide bonds. The van der Waals surface area contributed by atoms with Gasteiger partial charge in [0, 0.05) is 6.42 Å². The number of Topliss-reactive ketones (excluding diaryl/α,β-unsaturated/α-hetero) is 1. The first-order chi connectivity index (χ1) is 8.95. The summed E-state index contributed by atoms with van der Waals surface area (Å²) in [4.78, 5) is 24.1. The van der Waals surface area contributed by atoms with Crippen LogP contribution in [0.4, 0.5) is 0 Å². The quantitative estimate of drug-likeness (QED) is 0.585. The number of hydrogen-bond donors (Lipinski definition) is 0. The van der Waals surface area contributed by atoms with Crippen molar-refractivity contribution < 1.29 is 14.3 Å². The summed E-state index contributed by atoms with van der Waals surface area (Å²) in [6.45, 7) is 7.80. The molecule has 0 heterocycles. The van der Waals surface area contributed by atoms with Crippen molar-refractivity contribution in [3.63, 3.8) is 0 Å². The number of carbonyl (C=O) groups excluding carboxylic acids is 2. The number of aryl methyl sites for hydroxylation is 1. The molecule has 0 saturated carbocycles. The molecule has 0 aliphatic rings. The fourth-order valence-electron chi connectivity index (χ4n) is 2.02. The maximum Gasteiger partial charge on any atom is 0.316 e. The van der Waals surface area contributed by atoms with Crippen LogP contribution < -0.4 is 0 Å². The summed E-state index contributed by atoms with van der Waals surface area (Å²) < 4.78 is 4.98. The van der Waals surface area contributed by atoms with E-state index in [1.807, 2.05) is 45.0 Å². The summed E-state index contributed by atoms with van der Waals surface area (Å²) >= 11 is 0. The maximum atomic E-state index is 12.3. The van der Waals surface area contributed by atoms with E-state index in [1.165, 1.54) is 0 Å². The number of benzene rings is 1. The van der Waals surface area contributed by atoms with Gasteiger partial charge in [-0.2, -0.15) is 0 Å². The van der Waals surface area contributed by atoms with Crippen molar-refractivity contribution in [3.05, 3.63) is 35.4 Å². The summed E-state index contributed by atoms with van der Waals surface area (Å²) in [5.74, 6) is -1.19. The standard InChI is InChI=1S/C16H22O3/c1-5-19-16(18)15(11(2)3)14(17)10-13-8-6-12(4)7-9-13/h6-9,11,15H,5,10H2,1-4H3. The molecule has 1 atom stereocenters. The third-order valence-electron chi connectivity index (χ3n) is 3.05. The highest BCUT2D eigenvalue weighted by Gasteiger charge is 2.30. The summed E-state index contributed by atoms with van der Waals surface area (Å²) in [6, 6.07) is 7.79. The number of rotatable bonds is 6. The van der Waals surface area contributed by atoms with Gasteiger partial charge in [0.15, 0.2) is 5.78 Å². The molecule has 1 aromatic rings. The monoisotopic (exact) mass is 262 g/mol. The molecule has 19 heavy (non-hydrogen) atoms. The van der Waals surface area contributed by atoms with Gasteiger partial charge in [-0.25, -0.2) is 0 Å². The Labute approximate surface area is 115 Å². The SMILES string of the molecule is CCOC(=O)C(C(=O)Cc1ccc(C)cc1)C(C)C. The largest absolute Gasteiger partial charge is 0.465 e. The highest BCUT2D eigenvalue weighted by molar-refractivity contribution is 6.00. The van der Waals surface area contributed by atoms with Gasteiger partial charge in [-0.3, -0.25) is 9.59 Å². The lowest BCUT2D eigenvalue weighted by Crippen LogP contribution is -2.31. The van der Waals surface area contributed by atoms with E-state index in [0.29, 0.717) is 6.61 Å². The summed E-state index contributed by atoms with van der Waals surface area (Å²) in [7, 11) is 0. The molecule has 0 aromatic heterocycles. The van der Waals surface area contributed by atoms with Crippen LogP contribution in [0.25, 0.3) is 0 Å². The van der Waals surface area contributed by atoms with Gasteiger partial charge in [0.05, 0.1) is 6.61 Å². The van der Waals surface area contributed by atoms with Crippen LogP contribution in [0.15, 0.2) is 24.3 Å². The average Bonchev–Trinajstić information content (AvgIpc) is 2.32. The third-order valence-corrected chi connectivity index (χ3v) is 3.05. The molecule has 0 spiro atoms. The van der Waals surface area contributed by atoms with E-state index in [9.17, 15) is 9.59 Å². The Morgan fingerprint density at radius 3 is 2.21 bits per heavy atom. The zero-order valence-corrected chi connectivity index (χ0v) is 12.1. The predicted molar refractivity (Wildman–Crippen MR) is 74.9 cm³/mol. The highest BCUT2D eigenvalue weighted by Crippen LogP contribution is 2.17. The second-order valence-corrected chi connectivity index (χ2v) is 5.10. The second kappa shape index (κ2) is 7.07. The van der Waals surface area contributed by atoms with Crippen molar-refractivity contribution in [2.75, 3.05) is 6.61 Å². The Bertz CT molecular complexity index is 432. The highest BCUT2D eigenvalue weighted by atomic mass is 16.5. The van der Waals surface area contributed by atoms with Crippen molar-refractivity contribution in [2.24, 2.45) is 11.8 Å². The van der Waals surface area contributed by atoms with E-state index in [4.69, 9.17) is 4.74 Å². The van der Waals surface area contributed by atoms with E-state index in [0.717, 1.165) is 11.1 Å². The molecule has 0 radical (unpaired) electrons. The molecule has 0 N–H and O–H groups in total. The minimum Gasteiger partial charge on any atom is -0.465 e. The van der Waals surface area contributed by atoms with Gasteiger partial charge < -0.3 is 4.74 Å². The Morgan fingerprint density at radius 2 is 1.74 bits per heavy atom. The Morgan fingerprint density at radius 1 is 1.16 bits per heavy atom. The van der Waals surface area contributed by atoms with Gasteiger partial charge in [-0.15, -0.1) is 0 Å². The molecule has 0 saturated heterocycles. The van der Waals surface area contributed by atoms with E-state index < -0.39 is 11.9 Å². The van der Waals surface area contributed by atoms with Crippen LogP contribution >= 0.6 is 0 Å². The van der Waals surface area contributed by atoms with Crippen molar-refractivity contribution in [1.29, 1.82) is 0 Å². The average molecular weight is 262 g/mol. The number of carbonyl (C=O) groups is 2. The molecule has 104 valence electrons. The molecule has 0 fully saturated rings. The van der Waals surface area contributed by atoms with Crippen LogP contribution in [0.2, 0.25) is 0 Å². The van der Waals surface area contributed by atoms with E-state index in [-0.39, 0.29) is 18.1 Å². The number of esters is 1. The first kappa shape index (κ1) is 15.4. The number of ketones is 1. The van der Waals surface area contributed by atoms with Gasteiger partial charge in [0.1, 0.15) is 5.92 Å². The molecule has 3 heteroatoms. The number of hydrogen-bond acceptors (Lipinski definition) is 3. The van der Waals surface area contributed by atoms with Gasteiger partial charge in [-0.05, 0) is 25.3 Å². The van der Waals surface area contributed by atoms with Crippen LogP contribution in [0.3, 0.4) is 0 Å². The lowest BCUT2D eigenvalue weighted by Gasteiger charge is -2.17. The molecule has 0 bridgehead atoms. The lowest BCUT2D eigenvalue weighted by molar-refractivity contribution is -0.153. The zero-order valence-electron chi connectivity index (χ0n) is 12.1. The van der Waals surface area contributed by atoms with Crippen LogP contribution in [-0.4, -0.2) is 18.4 Å². The van der Waals surface area contributed by atoms with Crippen LogP contribution in [-0.2, 0) is 20.7 Å². The lowest BCUT2D eigenvalue weighted by atomic mass is 9.88. The van der Waals surface area contributed by atoms with Gasteiger partial charge in [0.25, 0.3) is 0 Å². The Kier molecular flexibility index (Phi) is 5.74. The molecule has 1 rings (SSSR count). The topological polar surface area (TPSA) is 43.4 Å².